The highest BCUT2D eigenvalue weighted by molar-refractivity contribution is 5.85. The molecule has 0 aromatic heterocycles. The molecule has 5 heteroatoms. The van der Waals surface area contributed by atoms with E-state index in [1.165, 1.54) is 6.42 Å². The fourth-order valence-corrected chi connectivity index (χ4v) is 4.36. The lowest BCUT2D eigenvalue weighted by Crippen LogP contribution is -2.40. The van der Waals surface area contributed by atoms with Crippen LogP contribution >= 0.6 is 12.4 Å². The minimum Gasteiger partial charge on any atom is -0.348 e. The summed E-state index contributed by atoms with van der Waals surface area (Å²) in [6, 6.07) is 9.13. The first-order valence-corrected chi connectivity index (χ1v) is 10.4. The third kappa shape index (κ3) is 6.89. The summed E-state index contributed by atoms with van der Waals surface area (Å²) < 4.78 is 0. The van der Waals surface area contributed by atoms with Gasteiger partial charge in [0.2, 0.25) is 5.91 Å². The molecule has 1 amide bonds. The van der Waals surface area contributed by atoms with Gasteiger partial charge in [0.15, 0.2) is 0 Å². The monoisotopic (exact) mass is 408 g/mol. The SMILES string of the molecule is CC(C)[C@@H]1CC[C@@H](C)C[C@H]1C(=O)CC[C@@H](NC(=O)[C@H](C)N)c1ccccc1.Cl. The molecule has 0 spiro atoms. The highest BCUT2D eigenvalue weighted by Crippen LogP contribution is 2.39. The second-order valence-corrected chi connectivity index (χ2v) is 8.70. The van der Waals surface area contributed by atoms with E-state index in [2.05, 4.69) is 26.1 Å². The van der Waals surface area contributed by atoms with Crippen LogP contribution in [0.1, 0.15) is 71.4 Å². The van der Waals surface area contributed by atoms with Gasteiger partial charge in [-0.25, -0.2) is 0 Å². The molecule has 0 bridgehead atoms. The first-order valence-electron chi connectivity index (χ1n) is 10.4. The molecule has 4 nitrogen and oxygen atoms in total. The molecule has 1 aliphatic carbocycles. The Balaban J connectivity index is 0.00000392. The Morgan fingerprint density at radius 2 is 1.79 bits per heavy atom. The number of Topliss-reactive ketones (excluding diaryl/α,β-unsaturated/α-hetero) is 1. The number of ketones is 1. The molecule has 0 saturated heterocycles. The standard InChI is InChI=1S/C23H36N2O2.ClH/c1-15(2)19-11-10-16(3)14-20(19)22(26)13-12-21(25-23(27)17(4)24)18-8-6-5-7-9-18;/h5-9,15-17,19-21H,10-14,24H2,1-4H3,(H,25,27);1H/t16-,17+,19+,20-,21-;/m1./s1. The zero-order chi connectivity index (χ0) is 20.0. The third-order valence-electron chi connectivity index (χ3n) is 6.05. The Bertz CT molecular complexity index is 618. The topological polar surface area (TPSA) is 72.2 Å². The highest BCUT2D eigenvalue weighted by Gasteiger charge is 2.35. The molecule has 0 unspecified atom stereocenters. The van der Waals surface area contributed by atoms with Gasteiger partial charge in [-0.1, -0.05) is 57.5 Å². The number of nitrogens with one attached hydrogen (secondary N) is 1. The quantitative estimate of drug-likeness (QED) is 0.656. The molecule has 0 heterocycles. The van der Waals surface area contributed by atoms with Crippen LogP contribution in [0, 0.1) is 23.7 Å². The molecule has 1 aliphatic rings. The minimum absolute atomic E-state index is 0. The average Bonchev–Trinajstić information content (AvgIpc) is 2.64. The summed E-state index contributed by atoms with van der Waals surface area (Å²) in [5.74, 6) is 1.99. The molecule has 2 rings (SSSR count). The van der Waals surface area contributed by atoms with Crippen LogP contribution in [0.5, 0.6) is 0 Å². The van der Waals surface area contributed by atoms with Gasteiger partial charge < -0.3 is 11.1 Å². The number of carbonyl (C=O) groups is 2. The summed E-state index contributed by atoms with van der Waals surface area (Å²) in [6.45, 7) is 8.40. The van der Waals surface area contributed by atoms with Crippen molar-refractivity contribution in [2.24, 2.45) is 29.4 Å². The third-order valence-corrected chi connectivity index (χ3v) is 6.05. The highest BCUT2D eigenvalue weighted by atomic mass is 35.5. The number of nitrogens with two attached hydrogens (primary N) is 1. The van der Waals surface area contributed by atoms with Crippen LogP contribution in [-0.4, -0.2) is 17.7 Å². The van der Waals surface area contributed by atoms with Crippen LogP contribution in [0.15, 0.2) is 30.3 Å². The maximum Gasteiger partial charge on any atom is 0.237 e. The molecule has 1 saturated carbocycles. The van der Waals surface area contributed by atoms with Crippen LogP contribution in [0.4, 0.5) is 0 Å². The van der Waals surface area contributed by atoms with Gasteiger partial charge in [-0.3, -0.25) is 9.59 Å². The van der Waals surface area contributed by atoms with Crippen LogP contribution in [0.2, 0.25) is 0 Å². The van der Waals surface area contributed by atoms with E-state index in [1.54, 1.807) is 6.92 Å². The van der Waals surface area contributed by atoms with Crippen LogP contribution < -0.4 is 11.1 Å². The number of rotatable bonds is 8. The Labute approximate surface area is 176 Å². The largest absolute Gasteiger partial charge is 0.348 e. The van der Waals surface area contributed by atoms with Crippen molar-refractivity contribution in [3.05, 3.63) is 35.9 Å². The molecule has 0 radical (unpaired) electrons. The van der Waals surface area contributed by atoms with Gasteiger partial charge in [0.25, 0.3) is 0 Å². The fraction of sp³-hybridized carbons (Fsp3) is 0.652. The minimum atomic E-state index is -0.559. The van der Waals surface area contributed by atoms with Crippen LogP contribution in [-0.2, 0) is 9.59 Å². The van der Waals surface area contributed by atoms with Crippen molar-refractivity contribution in [3.63, 3.8) is 0 Å². The first-order chi connectivity index (χ1) is 12.8. The molecular weight excluding hydrogens is 372 g/mol. The van der Waals surface area contributed by atoms with E-state index in [0.717, 1.165) is 18.4 Å². The Kier molecular flexibility index (Phi) is 10.2. The van der Waals surface area contributed by atoms with Gasteiger partial charge in [-0.2, -0.15) is 0 Å². The summed E-state index contributed by atoms with van der Waals surface area (Å²) in [5, 5.41) is 3.02. The van der Waals surface area contributed by atoms with Gasteiger partial charge in [-0.05, 0) is 49.5 Å². The van der Waals surface area contributed by atoms with E-state index in [4.69, 9.17) is 5.73 Å². The smallest absolute Gasteiger partial charge is 0.237 e. The molecule has 1 aromatic rings. The fourth-order valence-electron chi connectivity index (χ4n) is 4.36. The molecule has 5 atom stereocenters. The van der Waals surface area contributed by atoms with Gasteiger partial charge in [0.05, 0.1) is 12.1 Å². The zero-order valence-electron chi connectivity index (χ0n) is 17.7. The number of hydrogen-bond acceptors (Lipinski definition) is 3. The molecule has 158 valence electrons. The van der Waals surface area contributed by atoms with E-state index >= 15 is 0 Å². The second kappa shape index (κ2) is 11.6. The Morgan fingerprint density at radius 3 is 2.36 bits per heavy atom. The zero-order valence-corrected chi connectivity index (χ0v) is 18.5. The summed E-state index contributed by atoms with van der Waals surface area (Å²) in [4.78, 5) is 25.2. The summed E-state index contributed by atoms with van der Waals surface area (Å²) in [5.41, 5.74) is 6.75. The maximum absolute atomic E-state index is 13.1. The lowest BCUT2D eigenvalue weighted by atomic mass is 9.68. The molecular formula is C23H37ClN2O2. The molecule has 1 fully saturated rings. The summed E-state index contributed by atoms with van der Waals surface area (Å²) in [7, 11) is 0. The van der Waals surface area contributed by atoms with Gasteiger partial charge >= 0.3 is 0 Å². The predicted octanol–water partition coefficient (Wildman–Crippen LogP) is 4.67. The number of halogens is 1. The molecule has 3 N–H and O–H groups in total. The number of amides is 1. The number of carbonyl (C=O) groups excluding carboxylic acids is 2. The van der Waals surface area contributed by atoms with E-state index in [1.807, 2.05) is 30.3 Å². The van der Waals surface area contributed by atoms with Crippen molar-refractivity contribution >= 4 is 24.1 Å². The van der Waals surface area contributed by atoms with Crippen LogP contribution in [0.25, 0.3) is 0 Å². The van der Waals surface area contributed by atoms with E-state index < -0.39 is 6.04 Å². The van der Waals surface area contributed by atoms with Gasteiger partial charge in [-0.15, -0.1) is 12.4 Å². The van der Waals surface area contributed by atoms with Gasteiger partial charge in [0, 0.05) is 12.3 Å². The summed E-state index contributed by atoms with van der Waals surface area (Å²) >= 11 is 0. The molecule has 0 aliphatic heterocycles. The van der Waals surface area contributed by atoms with E-state index in [-0.39, 0.29) is 30.3 Å². The molecule has 28 heavy (non-hydrogen) atoms. The number of hydrogen-bond donors (Lipinski definition) is 2. The summed E-state index contributed by atoms with van der Waals surface area (Å²) in [6.07, 6.45) is 4.50. The van der Waals surface area contributed by atoms with Crippen LogP contribution in [0.3, 0.4) is 0 Å². The maximum atomic E-state index is 13.1. The van der Waals surface area contributed by atoms with Crippen molar-refractivity contribution in [1.82, 2.24) is 5.32 Å². The van der Waals surface area contributed by atoms with Crippen molar-refractivity contribution in [2.75, 3.05) is 0 Å². The normalized spacial score (nSPS) is 24.1. The van der Waals surface area contributed by atoms with E-state index in [0.29, 0.717) is 36.4 Å². The Hall–Kier alpha value is -1.39. The first kappa shape index (κ1) is 24.6. The van der Waals surface area contributed by atoms with Crippen molar-refractivity contribution in [3.8, 4) is 0 Å². The molecule has 1 aromatic carbocycles. The average molecular weight is 409 g/mol. The lowest BCUT2D eigenvalue weighted by Gasteiger charge is -2.36. The van der Waals surface area contributed by atoms with E-state index in [9.17, 15) is 9.59 Å². The van der Waals surface area contributed by atoms with Crippen molar-refractivity contribution in [1.29, 1.82) is 0 Å². The second-order valence-electron chi connectivity index (χ2n) is 8.70. The van der Waals surface area contributed by atoms with Crippen molar-refractivity contribution < 1.29 is 9.59 Å². The van der Waals surface area contributed by atoms with Crippen molar-refractivity contribution in [2.45, 2.75) is 71.9 Å². The number of benzene rings is 1. The lowest BCUT2D eigenvalue weighted by molar-refractivity contribution is -0.128. The predicted molar refractivity (Wildman–Crippen MR) is 117 cm³/mol. The van der Waals surface area contributed by atoms with Gasteiger partial charge in [0.1, 0.15) is 5.78 Å². The Morgan fingerprint density at radius 1 is 1.14 bits per heavy atom.